The standard InChI is InChI=1S/C21H23N5O2S/c1-4-28-17-11-9-16(10-12-17)22-20(27)19-18(15-7-5-13(2)6-8-15)25-26-14(3)23-24-21(26)29-19/h5-12,18-19,25H,4H2,1-3H3,(H,22,27)/t18-,19-/m1/s1. The Morgan fingerprint density at radius 2 is 1.86 bits per heavy atom. The summed E-state index contributed by atoms with van der Waals surface area (Å²) in [6.45, 7) is 6.48. The quantitative estimate of drug-likeness (QED) is 0.669. The van der Waals surface area contributed by atoms with Crippen molar-refractivity contribution in [2.45, 2.75) is 37.2 Å². The highest BCUT2D eigenvalue weighted by atomic mass is 32.2. The van der Waals surface area contributed by atoms with Gasteiger partial charge in [0.25, 0.3) is 0 Å². The number of hydrogen-bond donors (Lipinski definition) is 2. The minimum absolute atomic E-state index is 0.0934. The van der Waals surface area contributed by atoms with E-state index in [1.165, 1.54) is 17.3 Å². The molecule has 0 spiro atoms. The molecule has 0 saturated heterocycles. The topological polar surface area (TPSA) is 81.1 Å². The molecule has 0 aliphatic carbocycles. The number of fused-ring (bicyclic) bond motifs is 1. The first-order valence-corrected chi connectivity index (χ1v) is 10.4. The van der Waals surface area contributed by atoms with Gasteiger partial charge >= 0.3 is 0 Å². The van der Waals surface area contributed by atoms with Gasteiger partial charge in [-0.05, 0) is 50.6 Å². The van der Waals surface area contributed by atoms with Crippen LogP contribution in [-0.2, 0) is 4.79 Å². The van der Waals surface area contributed by atoms with E-state index in [9.17, 15) is 4.79 Å². The van der Waals surface area contributed by atoms with Crippen molar-refractivity contribution in [1.29, 1.82) is 0 Å². The van der Waals surface area contributed by atoms with Gasteiger partial charge in [-0.1, -0.05) is 41.6 Å². The Labute approximate surface area is 173 Å². The molecule has 0 radical (unpaired) electrons. The molecule has 7 nitrogen and oxygen atoms in total. The van der Waals surface area contributed by atoms with Crippen LogP contribution in [0.4, 0.5) is 5.69 Å². The molecule has 29 heavy (non-hydrogen) atoms. The first-order chi connectivity index (χ1) is 14.0. The molecule has 1 aromatic heterocycles. The summed E-state index contributed by atoms with van der Waals surface area (Å²) in [5.74, 6) is 1.44. The summed E-state index contributed by atoms with van der Waals surface area (Å²) in [7, 11) is 0. The van der Waals surface area contributed by atoms with Crippen molar-refractivity contribution in [3.8, 4) is 5.75 Å². The molecular formula is C21H23N5O2S. The van der Waals surface area contributed by atoms with Crippen molar-refractivity contribution < 1.29 is 9.53 Å². The number of aromatic nitrogens is 3. The maximum absolute atomic E-state index is 13.2. The van der Waals surface area contributed by atoms with Gasteiger partial charge in [0.15, 0.2) is 0 Å². The zero-order chi connectivity index (χ0) is 20.4. The van der Waals surface area contributed by atoms with Crippen molar-refractivity contribution in [1.82, 2.24) is 14.9 Å². The monoisotopic (exact) mass is 409 g/mol. The number of nitrogens with one attached hydrogen (secondary N) is 2. The largest absolute Gasteiger partial charge is 0.494 e. The second-order valence-corrected chi connectivity index (χ2v) is 7.98. The lowest BCUT2D eigenvalue weighted by Gasteiger charge is -2.32. The van der Waals surface area contributed by atoms with Crippen LogP contribution in [0.15, 0.2) is 53.7 Å². The Morgan fingerprint density at radius 3 is 2.55 bits per heavy atom. The zero-order valence-corrected chi connectivity index (χ0v) is 17.4. The molecule has 1 aliphatic heterocycles. The average molecular weight is 410 g/mol. The number of carbonyl (C=O) groups excluding carboxylic acids is 1. The van der Waals surface area contributed by atoms with Crippen LogP contribution in [0.1, 0.15) is 29.9 Å². The fourth-order valence-electron chi connectivity index (χ4n) is 3.20. The van der Waals surface area contributed by atoms with Crippen LogP contribution < -0.4 is 15.5 Å². The van der Waals surface area contributed by atoms with Crippen molar-refractivity contribution in [3.63, 3.8) is 0 Å². The van der Waals surface area contributed by atoms with Crippen LogP contribution in [0.3, 0.4) is 0 Å². The van der Waals surface area contributed by atoms with E-state index >= 15 is 0 Å². The summed E-state index contributed by atoms with van der Waals surface area (Å²) in [6, 6.07) is 15.4. The van der Waals surface area contributed by atoms with Gasteiger partial charge in [-0.25, -0.2) is 4.68 Å². The molecule has 2 heterocycles. The van der Waals surface area contributed by atoms with E-state index in [-0.39, 0.29) is 11.9 Å². The van der Waals surface area contributed by atoms with E-state index in [2.05, 4.69) is 45.2 Å². The van der Waals surface area contributed by atoms with Crippen LogP contribution in [0, 0.1) is 13.8 Å². The lowest BCUT2D eigenvalue weighted by molar-refractivity contribution is -0.116. The van der Waals surface area contributed by atoms with Gasteiger partial charge in [0, 0.05) is 5.69 Å². The highest BCUT2D eigenvalue weighted by molar-refractivity contribution is 8.00. The number of hydrogen-bond acceptors (Lipinski definition) is 6. The Hall–Kier alpha value is -3.00. The number of amides is 1. The van der Waals surface area contributed by atoms with Crippen molar-refractivity contribution >= 4 is 23.4 Å². The van der Waals surface area contributed by atoms with Crippen LogP contribution in [0.2, 0.25) is 0 Å². The number of benzene rings is 2. The number of rotatable bonds is 5. The fraction of sp³-hybridized carbons (Fsp3) is 0.286. The lowest BCUT2D eigenvalue weighted by atomic mass is 10.0. The molecule has 4 rings (SSSR count). The minimum atomic E-state index is -0.402. The van der Waals surface area contributed by atoms with Gasteiger partial charge in [0.2, 0.25) is 11.1 Å². The maximum atomic E-state index is 13.2. The minimum Gasteiger partial charge on any atom is -0.494 e. The fourth-order valence-corrected chi connectivity index (χ4v) is 4.32. The molecule has 2 aromatic carbocycles. The summed E-state index contributed by atoms with van der Waals surface area (Å²) in [5.41, 5.74) is 6.35. The number of aryl methyl sites for hydroxylation is 2. The first kappa shape index (κ1) is 19.3. The second-order valence-electron chi connectivity index (χ2n) is 6.87. The van der Waals surface area contributed by atoms with Crippen molar-refractivity contribution in [2.75, 3.05) is 17.3 Å². The Morgan fingerprint density at radius 1 is 1.14 bits per heavy atom. The van der Waals surface area contributed by atoms with Gasteiger partial charge in [0.05, 0.1) is 12.6 Å². The molecule has 0 unspecified atom stereocenters. The smallest absolute Gasteiger partial charge is 0.240 e. The van der Waals surface area contributed by atoms with E-state index in [0.29, 0.717) is 11.8 Å². The highest BCUT2D eigenvalue weighted by Gasteiger charge is 2.37. The van der Waals surface area contributed by atoms with Gasteiger partial charge < -0.3 is 15.5 Å². The molecule has 8 heteroatoms. The van der Waals surface area contributed by atoms with E-state index in [0.717, 1.165) is 22.8 Å². The number of anilines is 1. The molecule has 0 fully saturated rings. The molecule has 0 saturated carbocycles. The summed E-state index contributed by atoms with van der Waals surface area (Å²) < 4.78 is 7.31. The van der Waals surface area contributed by atoms with E-state index in [1.807, 2.05) is 49.7 Å². The summed E-state index contributed by atoms with van der Waals surface area (Å²) >= 11 is 1.41. The SMILES string of the molecule is CCOc1ccc(NC(=O)[C@@H]2Sc3nnc(C)n3N[C@@H]2c2ccc(C)cc2)cc1. The maximum Gasteiger partial charge on any atom is 0.240 e. The van der Waals surface area contributed by atoms with Crippen LogP contribution in [-0.4, -0.2) is 32.6 Å². The van der Waals surface area contributed by atoms with Gasteiger partial charge in [-0.2, -0.15) is 0 Å². The lowest BCUT2D eigenvalue weighted by Crippen LogP contribution is -2.41. The van der Waals surface area contributed by atoms with E-state index < -0.39 is 5.25 Å². The number of nitrogens with zero attached hydrogens (tertiary/aromatic N) is 3. The second kappa shape index (κ2) is 8.16. The van der Waals surface area contributed by atoms with Crippen LogP contribution in [0.25, 0.3) is 0 Å². The molecule has 2 atom stereocenters. The first-order valence-electron chi connectivity index (χ1n) is 9.50. The molecule has 1 aliphatic rings. The van der Waals surface area contributed by atoms with Crippen molar-refractivity contribution in [3.05, 3.63) is 65.5 Å². The number of carbonyl (C=O) groups is 1. The third-order valence-electron chi connectivity index (χ3n) is 4.73. The molecule has 0 bridgehead atoms. The Bertz CT molecular complexity index is 1000. The molecule has 2 N–H and O–H groups in total. The number of thioether (sulfide) groups is 1. The highest BCUT2D eigenvalue weighted by Crippen LogP contribution is 2.37. The van der Waals surface area contributed by atoms with E-state index in [1.54, 1.807) is 0 Å². The summed E-state index contributed by atoms with van der Waals surface area (Å²) in [5, 5.41) is 11.6. The van der Waals surface area contributed by atoms with Crippen molar-refractivity contribution in [2.24, 2.45) is 0 Å². The van der Waals surface area contributed by atoms with Gasteiger partial charge in [-0.3, -0.25) is 4.79 Å². The average Bonchev–Trinajstić information content (AvgIpc) is 3.09. The third-order valence-corrected chi connectivity index (χ3v) is 5.94. The predicted molar refractivity (Wildman–Crippen MR) is 114 cm³/mol. The Kier molecular flexibility index (Phi) is 5.44. The van der Waals surface area contributed by atoms with Gasteiger partial charge in [-0.15, -0.1) is 10.2 Å². The van der Waals surface area contributed by atoms with Crippen LogP contribution >= 0.6 is 11.8 Å². The zero-order valence-electron chi connectivity index (χ0n) is 16.5. The predicted octanol–water partition coefficient (Wildman–Crippen LogP) is 3.69. The number of ether oxygens (including phenoxy) is 1. The normalized spacial score (nSPS) is 17.9. The molecular weight excluding hydrogens is 386 g/mol. The van der Waals surface area contributed by atoms with Crippen LogP contribution in [0.5, 0.6) is 5.75 Å². The molecule has 150 valence electrons. The molecule has 3 aromatic rings. The summed E-state index contributed by atoms with van der Waals surface area (Å²) in [4.78, 5) is 13.2. The Balaban J connectivity index is 1.59. The van der Waals surface area contributed by atoms with Gasteiger partial charge in [0.1, 0.15) is 16.8 Å². The summed E-state index contributed by atoms with van der Waals surface area (Å²) in [6.07, 6.45) is 0. The third kappa shape index (κ3) is 4.07. The van der Waals surface area contributed by atoms with E-state index in [4.69, 9.17) is 4.74 Å². The molecule has 1 amide bonds.